The van der Waals surface area contributed by atoms with Gasteiger partial charge in [-0.2, -0.15) is 18.3 Å². The Morgan fingerprint density at radius 1 is 1.00 bits per heavy atom. The van der Waals surface area contributed by atoms with E-state index < -0.39 is 12.7 Å². The van der Waals surface area contributed by atoms with Crippen molar-refractivity contribution in [1.82, 2.24) is 34.8 Å². The molecule has 0 radical (unpaired) electrons. The lowest BCUT2D eigenvalue weighted by atomic mass is 9.98. The van der Waals surface area contributed by atoms with Crippen LogP contribution in [0.2, 0.25) is 0 Å². The predicted octanol–water partition coefficient (Wildman–Crippen LogP) is 6.02. The van der Waals surface area contributed by atoms with Gasteiger partial charge in [-0.05, 0) is 56.3 Å². The van der Waals surface area contributed by atoms with Crippen molar-refractivity contribution in [2.45, 2.75) is 57.2 Å². The molecule has 0 spiro atoms. The number of halogens is 3. The molecule has 0 amide bonds. The van der Waals surface area contributed by atoms with Crippen molar-refractivity contribution in [1.29, 1.82) is 0 Å². The molecule has 38 heavy (non-hydrogen) atoms. The molecule has 1 aliphatic carbocycles. The molecule has 0 bridgehead atoms. The lowest BCUT2D eigenvalue weighted by Gasteiger charge is -2.33. The second-order valence-corrected chi connectivity index (χ2v) is 11.3. The van der Waals surface area contributed by atoms with E-state index in [4.69, 9.17) is 4.98 Å². The smallest absolute Gasteiger partial charge is 0.315 e. The van der Waals surface area contributed by atoms with Gasteiger partial charge in [0.25, 0.3) is 0 Å². The van der Waals surface area contributed by atoms with E-state index in [2.05, 4.69) is 25.6 Å². The zero-order chi connectivity index (χ0) is 26.1. The third kappa shape index (κ3) is 5.96. The van der Waals surface area contributed by atoms with Crippen molar-refractivity contribution in [3.05, 3.63) is 41.8 Å². The molecule has 1 N–H and O–H groups in total. The van der Waals surface area contributed by atoms with Crippen molar-refractivity contribution in [3.63, 3.8) is 0 Å². The number of hydrogen-bond acceptors (Lipinski definition) is 8. The summed E-state index contributed by atoms with van der Waals surface area (Å²) in [5.41, 5.74) is 3.31. The van der Waals surface area contributed by atoms with Gasteiger partial charge >= 0.3 is 6.18 Å². The zero-order valence-electron chi connectivity index (χ0n) is 20.9. The Kier molecular flexibility index (Phi) is 7.00. The van der Waals surface area contributed by atoms with Gasteiger partial charge in [0.05, 0.1) is 23.8 Å². The molecule has 1 saturated carbocycles. The highest BCUT2D eigenvalue weighted by Gasteiger charge is 2.33. The molecule has 0 aromatic carbocycles. The fourth-order valence-corrected chi connectivity index (χ4v) is 6.46. The fraction of sp³-hybridized carbons (Fsp3) is 0.500. The first-order valence-electron chi connectivity index (χ1n) is 13.1. The molecule has 2 aliphatic rings. The Hall–Kier alpha value is -3.12. The fourth-order valence-electron chi connectivity index (χ4n) is 5.54. The Balaban J connectivity index is 1.13. The Morgan fingerprint density at radius 3 is 2.71 bits per heavy atom. The molecule has 1 aliphatic heterocycles. The summed E-state index contributed by atoms with van der Waals surface area (Å²) in [6, 6.07) is 5.78. The van der Waals surface area contributed by atoms with Gasteiger partial charge in [0.15, 0.2) is 0 Å². The predicted molar refractivity (Wildman–Crippen MR) is 140 cm³/mol. The van der Waals surface area contributed by atoms with Crippen LogP contribution in [0.15, 0.2) is 36.8 Å². The second-order valence-electron chi connectivity index (χ2n) is 10.3. The van der Waals surface area contributed by atoms with Gasteiger partial charge < -0.3 is 5.32 Å². The van der Waals surface area contributed by atoms with E-state index in [1.54, 1.807) is 23.7 Å². The average Bonchev–Trinajstić information content (AvgIpc) is 3.65. The summed E-state index contributed by atoms with van der Waals surface area (Å²) in [7, 11) is 0. The molecule has 1 saturated heterocycles. The molecule has 4 aromatic rings. The molecule has 12 heteroatoms. The summed E-state index contributed by atoms with van der Waals surface area (Å²) in [6.07, 6.45) is 7.89. The molecule has 5 heterocycles. The van der Waals surface area contributed by atoms with Crippen LogP contribution in [0.3, 0.4) is 0 Å². The quantitative estimate of drug-likeness (QED) is 0.306. The summed E-state index contributed by atoms with van der Waals surface area (Å²) in [6.45, 7) is 0.671. The molecule has 8 nitrogen and oxygen atoms in total. The largest absolute Gasteiger partial charge is 0.401 e. The number of alkyl halides is 3. The summed E-state index contributed by atoms with van der Waals surface area (Å²) >= 11 is 1.59. The van der Waals surface area contributed by atoms with Crippen LogP contribution in [0.25, 0.3) is 22.2 Å². The van der Waals surface area contributed by atoms with Crippen LogP contribution in [0, 0.1) is 5.92 Å². The van der Waals surface area contributed by atoms with Gasteiger partial charge in [-0.1, -0.05) is 24.2 Å². The molecule has 1 atom stereocenters. The standard InChI is InChI=1S/C26H29F3N8S/c27-26(28,29)16-36-9-3-4-17(13-36)14-37-15-20(12-31-37)19-10-22-21(30-11-19)7-8-23(32-22)33-25-35-34-24(38-25)18-5-1-2-6-18/h7-8,10-12,15,17-18H,1-6,9,13-14,16H2,(H,32,33,35). The number of piperidine rings is 1. The number of pyridine rings is 2. The number of nitrogens with zero attached hydrogens (tertiary/aromatic N) is 7. The van der Waals surface area contributed by atoms with Gasteiger partial charge in [0.1, 0.15) is 10.8 Å². The van der Waals surface area contributed by atoms with Gasteiger partial charge in [-0.25, -0.2) is 4.98 Å². The van der Waals surface area contributed by atoms with Crippen molar-refractivity contribution in [2.24, 2.45) is 5.92 Å². The van der Waals surface area contributed by atoms with E-state index in [0.29, 0.717) is 31.4 Å². The normalized spacial score (nSPS) is 19.4. The van der Waals surface area contributed by atoms with Gasteiger partial charge in [-0.15, -0.1) is 10.2 Å². The van der Waals surface area contributed by atoms with Crippen molar-refractivity contribution >= 4 is 33.3 Å². The van der Waals surface area contributed by atoms with Crippen LogP contribution in [0.1, 0.15) is 49.5 Å². The van der Waals surface area contributed by atoms with Gasteiger partial charge in [-0.3, -0.25) is 14.6 Å². The SMILES string of the molecule is FC(F)(F)CN1CCCC(Cn2cc(-c3cnc4ccc(Nc5nnc(C6CCCC6)s5)nc4c3)cn2)C1. The molecule has 2 fully saturated rings. The Bertz CT molecular complexity index is 1390. The topological polar surface area (TPSA) is 84.7 Å². The first kappa shape index (κ1) is 25.2. The molecular formula is C26H29F3N8S. The van der Waals surface area contributed by atoms with Crippen molar-refractivity contribution < 1.29 is 13.2 Å². The maximum atomic E-state index is 12.8. The first-order chi connectivity index (χ1) is 18.4. The highest BCUT2D eigenvalue weighted by Crippen LogP contribution is 2.37. The minimum Gasteiger partial charge on any atom is -0.315 e. The molecule has 6 rings (SSSR count). The van der Waals surface area contributed by atoms with Gasteiger partial charge in [0.2, 0.25) is 5.13 Å². The second kappa shape index (κ2) is 10.6. The lowest BCUT2D eigenvalue weighted by molar-refractivity contribution is -0.149. The monoisotopic (exact) mass is 542 g/mol. The number of hydrogen-bond donors (Lipinski definition) is 1. The first-order valence-corrected chi connectivity index (χ1v) is 13.9. The van der Waals surface area contributed by atoms with E-state index in [1.807, 2.05) is 29.1 Å². The van der Waals surface area contributed by atoms with Crippen LogP contribution in [0.4, 0.5) is 24.1 Å². The van der Waals surface area contributed by atoms with Crippen molar-refractivity contribution in [2.75, 3.05) is 25.0 Å². The highest BCUT2D eigenvalue weighted by atomic mass is 32.1. The highest BCUT2D eigenvalue weighted by molar-refractivity contribution is 7.15. The Labute approximate surface area is 222 Å². The van der Waals surface area contributed by atoms with E-state index in [0.717, 1.165) is 45.1 Å². The van der Waals surface area contributed by atoms with E-state index in [9.17, 15) is 13.2 Å². The lowest BCUT2D eigenvalue weighted by Crippen LogP contribution is -2.42. The molecule has 200 valence electrons. The maximum absolute atomic E-state index is 12.8. The van der Waals surface area contributed by atoms with Crippen LogP contribution in [-0.4, -0.2) is 60.7 Å². The number of aromatic nitrogens is 6. The number of rotatable bonds is 7. The third-order valence-corrected chi connectivity index (χ3v) is 8.34. The number of anilines is 2. The number of fused-ring (bicyclic) bond motifs is 1. The number of nitrogens with one attached hydrogen (secondary N) is 1. The van der Waals surface area contributed by atoms with E-state index in [-0.39, 0.29) is 5.92 Å². The summed E-state index contributed by atoms with van der Waals surface area (Å²) in [5.74, 6) is 1.35. The van der Waals surface area contributed by atoms with Gasteiger partial charge in [0, 0.05) is 42.5 Å². The van der Waals surface area contributed by atoms with Crippen LogP contribution in [-0.2, 0) is 6.54 Å². The van der Waals surface area contributed by atoms with Crippen LogP contribution in [0.5, 0.6) is 0 Å². The third-order valence-electron chi connectivity index (χ3n) is 7.34. The van der Waals surface area contributed by atoms with E-state index in [1.165, 1.54) is 30.6 Å². The van der Waals surface area contributed by atoms with Crippen molar-refractivity contribution in [3.8, 4) is 11.1 Å². The minimum absolute atomic E-state index is 0.137. The zero-order valence-corrected chi connectivity index (χ0v) is 21.7. The minimum atomic E-state index is -4.16. The summed E-state index contributed by atoms with van der Waals surface area (Å²) in [5, 5.41) is 18.3. The molecule has 1 unspecified atom stereocenters. The number of likely N-dealkylation sites (tertiary alicyclic amines) is 1. The van der Waals surface area contributed by atoms with Crippen LogP contribution >= 0.6 is 11.3 Å². The summed E-state index contributed by atoms with van der Waals surface area (Å²) < 4.78 is 40.3. The Morgan fingerprint density at radius 2 is 1.87 bits per heavy atom. The molecular weight excluding hydrogens is 513 g/mol. The van der Waals surface area contributed by atoms with Crippen LogP contribution < -0.4 is 5.32 Å². The van der Waals surface area contributed by atoms with E-state index >= 15 is 0 Å². The molecule has 4 aromatic heterocycles. The summed E-state index contributed by atoms with van der Waals surface area (Å²) in [4.78, 5) is 10.8. The average molecular weight is 543 g/mol. The maximum Gasteiger partial charge on any atom is 0.401 e.